The molecule has 2 N–H and O–H groups in total. The van der Waals surface area contributed by atoms with Crippen LogP contribution in [0.4, 0.5) is 5.69 Å². The van der Waals surface area contributed by atoms with Crippen LogP contribution in [0.3, 0.4) is 0 Å². The van der Waals surface area contributed by atoms with Crippen LogP contribution in [0.15, 0.2) is 78.9 Å². The number of amides is 2. The van der Waals surface area contributed by atoms with Crippen molar-refractivity contribution < 1.29 is 9.59 Å². The Morgan fingerprint density at radius 3 is 2.14 bits per heavy atom. The molecule has 0 spiro atoms. The predicted molar refractivity (Wildman–Crippen MR) is 145 cm³/mol. The summed E-state index contributed by atoms with van der Waals surface area (Å²) < 4.78 is 0. The van der Waals surface area contributed by atoms with Crippen molar-refractivity contribution in [2.45, 2.75) is 32.9 Å². The molecule has 1 saturated heterocycles. The van der Waals surface area contributed by atoms with E-state index in [1.807, 2.05) is 37.3 Å². The Morgan fingerprint density at radius 1 is 0.750 bits per heavy atom. The van der Waals surface area contributed by atoms with Crippen LogP contribution in [-0.4, -0.2) is 49.4 Å². The minimum atomic E-state index is -0.176. The number of para-hydroxylation sites is 1. The lowest BCUT2D eigenvalue weighted by atomic mass is 10.1. The Balaban J connectivity index is 1.18. The molecule has 0 aliphatic carbocycles. The first-order chi connectivity index (χ1) is 17.6. The quantitative estimate of drug-likeness (QED) is 0.461. The smallest absolute Gasteiger partial charge is 0.239 e. The van der Waals surface area contributed by atoms with Gasteiger partial charge in [-0.25, -0.2) is 0 Å². The van der Waals surface area contributed by atoms with Crippen molar-refractivity contribution in [2.75, 3.05) is 37.6 Å². The predicted octanol–water partition coefficient (Wildman–Crippen LogP) is 3.68. The molecule has 0 radical (unpaired) electrons. The average molecular weight is 485 g/mol. The van der Waals surface area contributed by atoms with Gasteiger partial charge in [0.05, 0.1) is 6.54 Å². The highest BCUT2D eigenvalue weighted by atomic mass is 16.2. The second-order valence-corrected chi connectivity index (χ2v) is 9.41. The molecule has 1 heterocycles. The number of nitrogens with one attached hydrogen (secondary N) is 2. The molecule has 3 aromatic carbocycles. The maximum absolute atomic E-state index is 12.4. The second kappa shape index (κ2) is 12.9. The Bertz CT molecular complexity index is 1120. The topological polar surface area (TPSA) is 64.7 Å². The minimum Gasteiger partial charge on any atom is -0.369 e. The molecular formula is C30H36N4O2. The molecule has 1 aliphatic rings. The molecule has 188 valence electrons. The third-order valence-corrected chi connectivity index (χ3v) is 6.69. The van der Waals surface area contributed by atoms with Crippen molar-refractivity contribution in [3.05, 3.63) is 101 Å². The Hall–Kier alpha value is -3.64. The van der Waals surface area contributed by atoms with Gasteiger partial charge in [0.2, 0.25) is 11.8 Å². The first-order valence-corrected chi connectivity index (χ1v) is 12.7. The number of carbonyl (C=O) groups excluding carboxylic acids is 2. The minimum absolute atomic E-state index is 0.00363. The standard InChI is InChI=1S/C30H36N4O2/c1-24-11-13-25(14-12-24)15-16-29(35)32-22-30(36)31-21-26-7-5-6-8-27(26)23-33-17-19-34(20-18-33)28-9-3-2-4-10-28/h2-14H,15-23H2,1H3,(H,31,36)(H,32,35). The molecule has 1 fully saturated rings. The molecule has 6 nitrogen and oxygen atoms in total. The highest BCUT2D eigenvalue weighted by Crippen LogP contribution is 2.18. The SMILES string of the molecule is Cc1ccc(CCC(=O)NCC(=O)NCc2ccccc2CN2CCN(c3ccccc3)CC2)cc1. The van der Waals surface area contributed by atoms with E-state index < -0.39 is 0 Å². The number of nitrogens with zero attached hydrogens (tertiary/aromatic N) is 2. The summed E-state index contributed by atoms with van der Waals surface area (Å²) in [4.78, 5) is 29.4. The van der Waals surface area contributed by atoms with Crippen molar-refractivity contribution in [1.29, 1.82) is 0 Å². The molecular weight excluding hydrogens is 448 g/mol. The van der Waals surface area contributed by atoms with Crippen LogP contribution in [0, 0.1) is 6.92 Å². The Morgan fingerprint density at radius 2 is 1.42 bits per heavy atom. The molecule has 2 amide bonds. The van der Waals surface area contributed by atoms with Crippen LogP contribution in [-0.2, 0) is 29.1 Å². The van der Waals surface area contributed by atoms with Gasteiger partial charge in [0.1, 0.15) is 0 Å². The number of hydrogen-bond acceptors (Lipinski definition) is 4. The number of carbonyl (C=O) groups is 2. The van der Waals surface area contributed by atoms with Gasteiger partial charge in [-0.2, -0.15) is 0 Å². The largest absolute Gasteiger partial charge is 0.369 e. The van der Waals surface area contributed by atoms with Crippen molar-refractivity contribution in [3.8, 4) is 0 Å². The molecule has 6 heteroatoms. The lowest BCUT2D eigenvalue weighted by Crippen LogP contribution is -2.46. The third-order valence-electron chi connectivity index (χ3n) is 6.69. The van der Waals surface area contributed by atoms with Gasteiger partial charge in [-0.1, -0.05) is 72.3 Å². The first-order valence-electron chi connectivity index (χ1n) is 12.7. The normalized spacial score (nSPS) is 13.9. The van der Waals surface area contributed by atoms with Gasteiger partial charge in [0.15, 0.2) is 0 Å². The van der Waals surface area contributed by atoms with Crippen LogP contribution in [0.2, 0.25) is 0 Å². The van der Waals surface area contributed by atoms with E-state index in [2.05, 4.69) is 69.0 Å². The lowest BCUT2D eigenvalue weighted by Gasteiger charge is -2.36. The molecule has 0 atom stereocenters. The van der Waals surface area contributed by atoms with Gasteiger partial charge in [-0.3, -0.25) is 14.5 Å². The van der Waals surface area contributed by atoms with E-state index in [4.69, 9.17) is 0 Å². The molecule has 0 saturated carbocycles. The van der Waals surface area contributed by atoms with Crippen LogP contribution in [0.25, 0.3) is 0 Å². The van der Waals surface area contributed by atoms with Gasteiger partial charge < -0.3 is 15.5 Å². The fraction of sp³-hybridized carbons (Fsp3) is 0.333. The van der Waals surface area contributed by atoms with E-state index in [0.29, 0.717) is 19.4 Å². The lowest BCUT2D eigenvalue weighted by molar-refractivity contribution is -0.126. The van der Waals surface area contributed by atoms with E-state index in [1.54, 1.807) is 0 Å². The van der Waals surface area contributed by atoms with Crippen molar-refractivity contribution in [1.82, 2.24) is 15.5 Å². The van der Waals surface area contributed by atoms with E-state index in [0.717, 1.165) is 43.9 Å². The molecule has 4 rings (SSSR count). The van der Waals surface area contributed by atoms with E-state index in [1.165, 1.54) is 16.8 Å². The number of piperazine rings is 1. The summed E-state index contributed by atoms with van der Waals surface area (Å²) >= 11 is 0. The molecule has 0 aromatic heterocycles. The highest BCUT2D eigenvalue weighted by molar-refractivity contribution is 5.84. The second-order valence-electron chi connectivity index (χ2n) is 9.41. The molecule has 1 aliphatic heterocycles. The maximum Gasteiger partial charge on any atom is 0.239 e. The van der Waals surface area contributed by atoms with Gasteiger partial charge in [-0.15, -0.1) is 0 Å². The summed E-state index contributed by atoms with van der Waals surface area (Å²) in [6.45, 7) is 7.38. The van der Waals surface area contributed by atoms with E-state index >= 15 is 0 Å². The zero-order valence-electron chi connectivity index (χ0n) is 21.1. The highest BCUT2D eigenvalue weighted by Gasteiger charge is 2.18. The summed E-state index contributed by atoms with van der Waals surface area (Å²) in [7, 11) is 0. The Kier molecular flexibility index (Phi) is 9.11. The maximum atomic E-state index is 12.4. The van der Waals surface area contributed by atoms with E-state index in [9.17, 15) is 9.59 Å². The summed E-state index contributed by atoms with van der Waals surface area (Å²) in [6, 6.07) is 27.0. The summed E-state index contributed by atoms with van der Waals surface area (Å²) in [5, 5.41) is 5.69. The van der Waals surface area contributed by atoms with Gasteiger partial charge in [0, 0.05) is 51.4 Å². The third kappa shape index (κ3) is 7.68. The number of anilines is 1. The number of hydrogen-bond donors (Lipinski definition) is 2. The Labute approximate surface area is 214 Å². The molecule has 0 bridgehead atoms. The molecule has 3 aromatic rings. The van der Waals surface area contributed by atoms with Gasteiger partial charge >= 0.3 is 0 Å². The zero-order valence-corrected chi connectivity index (χ0v) is 21.1. The average Bonchev–Trinajstić information content (AvgIpc) is 2.92. The summed E-state index contributed by atoms with van der Waals surface area (Å²) in [5.41, 5.74) is 5.95. The molecule has 0 unspecified atom stereocenters. The first kappa shape index (κ1) is 25.5. The fourth-order valence-electron chi connectivity index (χ4n) is 4.46. The van der Waals surface area contributed by atoms with Crippen LogP contribution >= 0.6 is 0 Å². The van der Waals surface area contributed by atoms with Crippen molar-refractivity contribution >= 4 is 17.5 Å². The van der Waals surface area contributed by atoms with Crippen LogP contribution in [0.1, 0.15) is 28.7 Å². The fourth-order valence-corrected chi connectivity index (χ4v) is 4.46. The van der Waals surface area contributed by atoms with E-state index in [-0.39, 0.29) is 18.4 Å². The zero-order chi connectivity index (χ0) is 25.2. The van der Waals surface area contributed by atoms with Crippen LogP contribution in [0.5, 0.6) is 0 Å². The van der Waals surface area contributed by atoms with Crippen molar-refractivity contribution in [2.24, 2.45) is 0 Å². The number of rotatable bonds is 10. The number of benzene rings is 3. The number of aryl methyl sites for hydroxylation is 2. The monoisotopic (exact) mass is 484 g/mol. The van der Waals surface area contributed by atoms with Crippen LogP contribution < -0.4 is 15.5 Å². The summed E-state index contributed by atoms with van der Waals surface area (Å²) in [6.07, 6.45) is 1.04. The molecule has 36 heavy (non-hydrogen) atoms. The van der Waals surface area contributed by atoms with Gasteiger partial charge in [0.25, 0.3) is 0 Å². The summed E-state index contributed by atoms with van der Waals surface area (Å²) in [5.74, 6) is -0.286. The van der Waals surface area contributed by atoms with Crippen molar-refractivity contribution in [3.63, 3.8) is 0 Å². The van der Waals surface area contributed by atoms with Gasteiger partial charge in [-0.05, 0) is 42.2 Å².